The Morgan fingerprint density at radius 3 is 2.52 bits per heavy atom. The molecule has 1 aromatic rings. The SMILES string of the molecule is CCOC(=O)N1[C@@H](C)CC(OC)(OC)C[C@H]1c1ccccc1Br. The molecule has 0 unspecified atom stereocenters. The molecule has 0 radical (unpaired) electrons. The topological polar surface area (TPSA) is 48.0 Å². The van der Waals surface area contributed by atoms with E-state index >= 15 is 0 Å². The highest BCUT2D eigenvalue weighted by molar-refractivity contribution is 9.10. The molecule has 0 spiro atoms. The first-order chi connectivity index (χ1) is 11.0. The molecule has 1 aliphatic heterocycles. The van der Waals surface area contributed by atoms with Crippen LogP contribution in [0.5, 0.6) is 0 Å². The van der Waals surface area contributed by atoms with Gasteiger partial charge in [-0.05, 0) is 25.5 Å². The summed E-state index contributed by atoms with van der Waals surface area (Å²) in [6, 6.07) is 7.64. The molecule has 0 aromatic heterocycles. The van der Waals surface area contributed by atoms with Gasteiger partial charge in [0.25, 0.3) is 0 Å². The lowest BCUT2D eigenvalue weighted by Gasteiger charge is -2.48. The second kappa shape index (κ2) is 7.64. The van der Waals surface area contributed by atoms with Gasteiger partial charge >= 0.3 is 6.09 Å². The summed E-state index contributed by atoms with van der Waals surface area (Å²) in [7, 11) is 3.29. The number of ether oxygens (including phenoxy) is 3. The average molecular weight is 386 g/mol. The fourth-order valence-corrected chi connectivity index (χ4v) is 3.81. The number of halogens is 1. The van der Waals surface area contributed by atoms with Crippen molar-refractivity contribution in [2.45, 2.75) is 44.6 Å². The number of hydrogen-bond donors (Lipinski definition) is 0. The lowest BCUT2D eigenvalue weighted by molar-refractivity contribution is -0.244. The number of carbonyl (C=O) groups is 1. The molecule has 2 atom stereocenters. The smallest absolute Gasteiger partial charge is 0.410 e. The largest absolute Gasteiger partial charge is 0.450 e. The van der Waals surface area contributed by atoms with Crippen LogP contribution in [0, 0.1) is 0 Å². The van der Waals surface area contributed by atoms with Gasteiger partial charge in [-0.25, -0.2) is 4.79 Å². The number of benzene rings is 1. The minimum absolute atomic E-state index is 0.0696. The van der Waals surface area contributed by atoms with Crippen molar-refractivity contribution >= 4 is 22.0 Å². The molecule has 1 amide bonds. The summed E-state index contributed by atoms with van der Waals surface area (Å²) in [5.74, 6) is -0.706. The summed E-state index contributed by atoms with van der Waals surface area (Å²) in [4.78, 5) is 14.3. The summed E-state index contributed by atoms with van der Waals surface area (Å²) in [6.07, 6.45) is 0.840. The van der Waals surface area contributed by atoms with E-state index in [0.717, 1.165) is 10.0 Å². The molecule has 1 heterocycles. The maximum absolute atomic E-state index is 12.5. The Kier molecular flexibility index (Phi) is 6.06. The molecule has 0 N–H and O–H groups in total. The highest BCUT2D eigenvalue weighted by Gasteiger charge is 2.47. The van der Waals surface area contributed by atoms with E-state index in [-0.39, 0.29) is 18.2 Å². The highest BCUT2D eigenvalue weighted by Crippen LogP contribution is 2.43. The van der Waals surface area contributed by atoms with E-state index in [1.54, 1.807) is 19.1 Å². The van der Waals surface area contributed by atoms with E-state index in [0.29, 0.717) is 19.4 Å². The maximum atomic E-state index is 12.5. The molecule has 128 valence electrons. The molecule has 5 nitrogen and oxygen atoms in total. The number of piperidine rings is 1. The van der Waals surface area contributed by atoms with E-state index in [4.69, 9.17) is 14.2 Å². The van der Waals surface area contributed by atoms with E-state index in [2.05, 4.69) is 15.9 Å². The van der Waals surface area contributed by atoms with Gasteiger partial charge in [-0.2, -0.15) is 0 Å². The Morgan fingerprint density at radius 1 is 1.30 bits per heavy atom. The number of nitrogens with zero attached hydrogens (tertiary/aromatic N) is 1. The fourth-order valence-electron chi connectivity index (χ4n) is 3.26. The zero-order valence-electron chi connectivity index (χ0n) is 14.0. The molecule has 0 bridgehead atoms. The normalized spacial score (nSPS) is 23.6. The van der Waals surface area contributed by atoms with Crippen LogP contribution >= 0.6 is 15.9 Å². The summed E-state index contributed by atoms with van der Waals surface area (Å²) in [5, 5.41) is 0. The third kappa shape index (κ3) is 3.70. The first kappa shape index (κ1) is 18.2. The number of rotatable bonds is 4. The highest BCUT2D eigenvalue weighted by atomic mass is 79.9. The number of hydrogen-bond acceptors (Lipinski definition) is 4. The van der Waals surface area contributed by atoms with Gasteiger partial charge < -0.3 is 14.2 Å². The van der Waals surface area contributed by atoms with Gasteiger partial charge in [0.1, 0.15) is 0 Å². The van der Waals surface area contributed by atoms with Gasteiger partial charge in [0.05, 0.1) is 12.6 Å². The van der Waals surface area contributed by atoms with E-state index in [1.807, 2.05) is 38.1 Å². The first-order valence-corrected chi connectivity index (χ1v) is 8.57. The van der Waals surface area contributed by atoms with Gasteiger partial charge in [0, 0.05) is 37.6 Å². The minimum Gasteiger partial charge on any atom is -0.450 e. The number of amides is 1. The summed E-state index contributed by atoms with van der Waals surface area (Å²) >= 11 is 3.59. The van der Waals surface area contributed by atoms with Crippen LogP contribution in [-0.2, 0) is 14.2 Å². The Labute approximate surface area is 146 Å². The molecule has 2 rings (SSSR count). The lowest BCUT2D eigenvalue weighted by Crippen LogP contribution is -2.54. The summed E-state index contributed by atoms with van der Waals surface area (Å²) < 4.78 is 17.5. The molecular weight excluding hydrogens is 362 g/mol. The lowest BCUT2D eigenvalue weighted by atomic mass is 9.87. The summed E-state index contributed by atoms with van der Waals surface area (Å²) in [5.41, 5.74) is 1.02. The van der Waals surface area contributed by atoms with Crippen molar-refractivity contribution in [3.05, 3.63) is 34.3 Å². The third-order valence-corrected chi connectivity index (χ3v) is 5.13. The van der Waals surface area contributed by atoms with Crippen LogP contribution in [0.15, 0.2) is 28.7 Å². The van der Waals surface area contributed by atoms with Crippen LogP contribution < -0.4 is 0 Å². The van der Waals surface area contributed by atoms with Crippen molar-refractivity contribution in [2.24, 2.45) is 0 Å². The molecule has 0 saturated carbocycles. The number of carbonyl (C=O) groups excluding carboxylic acids is 1. The number of likely N-dealkylation sites (tertiary alicyclic amines) is 1. The molecule has 6 heteroatoms. The van der Waals surface area contributed by atoms with Gasteiger partial charge in [0.15, 0.2) is 5.79 Å². The second-order valence-corrected chi connectivity index (χ2v) is 6.57. The molecule has 1 aliphatic rings. The van der Waals surface area contributed by atoms with Crippen molar-refractivity contribution in [3.63, 3.8) is 0 Å². The van der Waals surface area contributed by atoms with Crippen LogP contribution in [-0.4, -0.2) is 43.6 Å². The van der Waals surface area contributed by atoms with E-state index < -0.39 is 5.79 Å². The van der Waals surface area contributed by atoms with Gasteiger partial charge in [-0.1, -0.05) is 34.1 Å². The van der Waals surface area contributed by atoms with Crippen molar-refractivity contribution in [2.75, 3.05) is 20.8 Å². The predicted octanol–water partition coefficient (Wildman–Crippen LogP) is 4.12. The molecule has 1 saturated heterocycles. The van der Waals surface area contributed by atoms with Gasteiger partial charge in [-0.3, -0.25) is 4.90 Å². The van der Waals surface area contributed by atoms with Crippen molar-refractivity contribution in [1.29, 1.82) is 0 Å². The molecule has 23 heavy (non-hydrogen) atoms. The molecular formula is C17H24BrNO4. The average Bonchev–Trinajstić information content (AvgIpc) is 2.54. The fraction of sp³-hybridized carbons (Fsp3) is 0.588. The zero-order chi connectivity index (χ0) is 17.0. The first-order valence-electron chi connectivity index (χ1n) is 7.77. The second-order valence-electron chi connectivity index (χ2n) is 5.72. The van der Waals surface area contributed by atoms with Crippen molar-refractivity contribution < 1.29 is 19.0 Å². The minimum atomic E-state index is -0.706. The van der Waals surface area contributed by atoms with E-state index in [1.165, 1.54) is 0 Å². The Balaban J connectivity index is 2.44. The van der Waals surface area contributed by atoms with Gasteiger partial charge in [0.2, 0.25) is 0 Å². The maximum Gasteiger partial charge on any atom is 0.410 e. The van der Waals surface area contributed by atoms with Crippen LogP contribution in [0.2, 0.25) is 0 Å². The van der Waals surface area contributed by atoms with Crippen LogP contribution in [0.1, 0.15) is 38.3 Å². The van der Waals surface area contributed by atoms with Crippen LogP contribution in [0.3, 0.4) is 0 Å². The predicted molar refractivity (Wildman–Crippen MR) is 91.2 cm³/mol. The van der Waals surface area contributed by atoms with E-state index in [9.17, 15) is 4.79 Å². The number of methoxy groups -OCH3 is 2. The van der Waals surface area contributed by atoms with Crippen LogP contribution in [0.25, 0.3) is 0 Å². The summed E-state index contributed by atoms with van der Waals surface area (Å²) in [6.45, 7) is 4.16. The zero-order valence-corrected chi connectivity index (χ0v) is 15.6. The Hall–Kier alpha value is -1.11. The van der Waals surface area contributed by atoms with Gasteiger partial charge in [-0.15, -0.1) is 0 Å². The Bertz CT molecular complexity index is 547. The molecule has 1 aromatic carbocycles. The molecule has 0 aliphatic carbocycles. The quantitative estimate of drug-likeness (QED) is 0.731. The van der Waals surface area contributed by atoms with Crippen molar-refractivity contribution in [3.8, 4) is 0 Å². The monoisotopic (exact) mass is 385 g/mol. The van der Waals surface area contributed by atoms with Crippen molar-refractivity contribution in [1.82, 2.24) is 4.90 Å². The van der Waals surface area contributed by atoms with Crippen LogP contribution in [0.4, 0.5) is 4.79 Å². The Morgan fingerprint density at radius 2 is 1.96 bits per heavy atom. The third-order valence-electron chi connectivity index (χ3n) is 4.41. The standard InChI is InChI=1S/C17H24BrNO4/c1-5-23-16(20)19-12(2)10-17(21-3,22-4)11-15(19)13-8-6-7-9-14(13)18/h6-9,12,15H,5,10-11H2,1-4H3/t12-,15-/m0/s1. The molecule has 1 fully saturated rings.